The van der Waals surface area contributed by atoms with Gasteiger partial charge in [0.2, 0.25) is 5.91 Å². The van der Waals surface area contributed by atoms with Crippen molar-refractivity contribution in [3.8, 4) is 0 Å². The number of para-hydroxylation sites is 1. The largest absolute Gasteiger partial charge is 0.459 e. The number of carbonyl (C=O) groups is 2. The van der Waals surface area contributed by atoms with Crippen molar-refractivity contribution in [2.24, 2.45) is 0 Å². The number of hydrogen-bond acceptors (Lipinski definition) is 4. The quantitative estimate of drug-likeness (QED) is 0.883. The van der Waals surface area contributed by atoms with Crippen molar-refractivity contribution in [1.29, 1.82) is 0 Å². The molecule has 2 saturated heterocycles. The normalized spacial score (nSPS) is 20.4. The van der Waals surface area contributed by atoms with E-state index in [1.54, 1.807) is 17.0 Å². The summed E-state index contributed by atoms with van der Waals surface area (Å²) in [6, 6.07) is 11.7. The zero-order valence-electron chi connectivity index (χ0n) is 16.3. The van der Waals surface area contributed by atoms with Crippen LogP contribution in [-0.2, 0) is 4.79 Å². The second-order valence-corrected chi connectivity index (χ2v) is 7.69. The third-order valence-corrected chi connectivity index (χ3v) is 5.84. The molecule has 0 unspecified atom stereocenters. The predicted molar refractivity (Wildman–Crippen MR) is 107 cm³/mol. The highest BCUT2D eigenvalue weighted by atomic mass is 16.3. The summed E-state index contributed by atoms with van der Waals surface area (Å²) in [6.45, 7) is 4.16. The third kappa shape index (κ3) is 3.77. The summed E-state index contributed by atoms with van der Waals surface area (Å²) in [5.41, 5.74) is 2.40. The van der Waals surface area contributed by atoms with Gasteiger partial charge in [0.15, 0.2) is 5.76 Å². The van der Waals surface area contributed by atoms with Crippen molar-refractivity contribution < 1.29 is 14.0 Å². The molecule has 1 aromatic heterocycles. The first-order valence-electron chi connectivity index (χ1n) is 10.1. The average Bonchev–Trinajstić information content (AvgIpc) is 3.41. The summed E-state index contributed by atoms with van der Waals surface area (Å²) in [4.78, 5) is 29.3. The molecule has 0 saturated carbocycles. The van der Waals surface area contributed by atoms with Crippen LogP contribution in [0.25, 0.3) is 0 Å². The van der Waals surface area contributed by atoms with E-state index in [-0.39, 0.29) is 17.9 Å². The standard InChI is InChI=1S/C22H27N3O3/c1-16-6-2-3-7-18(16)23-17-10-13-24(14-11-17)21(26)19-8-4-12-25(19)22(27)20-9-5-15-28-20/h2-3,5-7,9,15,17,19,23H,4,8,10-14H2,1H3/t19-/m1/s1. The van der Waals surface area contributed by atoms with E-state index in [1.807, 2.05) is 17.0 Å². The molecule has 1 atom stereocenters. The number of benzene rings is 1. The van der Waals surface area contributed by atoms with Gasteiger partial charge in [0.25, 0.3) is 5.91 Å². The number of anilines is 1. The highest BCUT2D eigenvalue weighted by Gasteiger charge is 2.38. The van der Waals surface area contributed by atoms with Crippen LogP contribution in [-0.4, -0.2) is 53.3 Å². The predicted octanol–water partition coefficient (Wildman–Crippen LogP) is 3.30. The molecule has 6 nitrogen and oxygen atoms in total. The van der Waals surface area contributed by atoms with Crippen molar-refractivity contribution in [3.63, 3.8) is 0 Å². The first-order chi connectivity index (χ1) is 13.6. The van der Waals surface area contributed by atoms with Gasteiger partial charge in [-0.25, -0.2) is 0 Å². The van der Waals surface area contributed by atoms with Crippen LogP contribution in [0.2, 0.25) is 0 Å². The fourth-order valence-corrected chi connectivity index (χ4v) is 4.22. The fourth-order valence-electron chi connectivity index (χ4n) is 4.22. The van der Waals surface area contributed by atoms with Gasteiger partial charge < -0.3 is 19.5 Å². The molecular weight excluding hydrogens is 354 g/mol. The van der Waals surface area contributed by atoms with Crippen LogP contribution in [0.5, 0.6) is 0 Å². The molecular formula is C22H27N3O3. The summed E-state index contributed by atoms with van der Waals surface area (Å²) < 4.78 is 5.24. The SMILES string of the molecule is Cc1ccccc1NC1CCN(C(=O)[C@H]2CCCN2C(=O)c2ccco2)CC1. The molecule has 28 heavy (non-hydrogen) atoms. The Kier molecular flexibility index (Phi) is 5.37. The summed E-state index contributed by atoms with van der Waals surface area (Å²) in [5, 5.41) is 3.61. The maximum atomic E-state index is 13.1. The van der Waals surface area contributed by atoms with E-state index in [1.165, 1.54) is 17.5 Å². The molecule has 2 fully saturated rings. The number of nitrogens with one attached hydrogen (secondary N) is 1. The van der Waals surface area contributed by atoms with Gasteiger partial charge in [-0.1, -0.05) is 18.2 Å². The summed E-state index contributed by atoms with van der Waals surface area (Å²) in [7, 11) is 0. The van der Waals surface area contributed by atoms with Gasteiger partial charge in [0.1, 0.15) is 6.04 Å². The zero-order chi connectivity index (χ0) is 19.5. The van der Waals surface area contributed by atoms with E-state index in [2.05, 4.69) is 24.4 Å². The lowest BCUT2D eigenvalue weighted by Crippen LogP contribution is -2.51. The molecule has 3 heterocycles. The maximum absolute atomic E-state index is 13.1. The van der Waals surface area contributed by atoms with E-state index < -0.39 is 0 Å². The Morgan fingerprint density at radius 2 is 1.82 bits per heavy atom. The number of rotatable bonds is 4. The van der Waals surface area contributed by atoms with Crippen LogP contribution in [0.3, 0.4) is 0 Å². The Hall–Kier alpha value is -2.76. The molecule has 1 N–H and O–H groups in total. The van der Waals surface area contributed by atoms with E-state index >= 15 is 0 Å². The highest BCUT2D eigenvalue weighted by Crippen LogP contribution is 2.25. The van der Waals surface area contributed by atoms with Gasteiger partial charge >= 0.3 is 0 Å². The van der Waals surface area contributed by atoms with E-state index in [4.69, 9.17) is 4.42 Å². The molecule has 2 aliphatic rings. The molecule has 0 spiro atoms. The van der Waals surface area contributed by atoms with Gasteiger partial charge in [-0.05, 0) is 56.4 Å². The molecule has 148 valence electrons. The van der Waals surface area contributed by atoms with Crippen molar-refractivity contribution in [2.75, 3.05) is 25.0 Å². The van der Waals surface area contributed by atoms with E-state index in [9.17, 15) is 9.59 Å². The first kappa shape index (κ1) is 18.6. The van der Waals surface area contributed by atoms with Crippen molar-refractivity contribution in [3.05, 3.63) is 54.0 Å². The Bertz CT molecular complexity index is 825. The second kappa shape index (κ2) is 8.09. The lowest BCUT2D eigenvalue weighted by atomic mass is 10.0. The lowest BCUT2D eigenvalue weighted by molar-refractivity contribution is -0.136. The Labute approximate surface area is 165 Å². The lowest BCUT2D eigenvalue weighted by Gasteiger charge is -2.36. The maximum Gasteiger partial charge on any atom is 0.290 e. The molecule has 0 radical (unpaired) electrons. The van der Waals surface area contributed by atoms with Crippen LogP contribution < -0.4 is 5.32 Å². The monoisotopic (exact) mass is 381 g/mol. The van der Waals surface area contributed by atoms with Crippen LogP contribution >= 0.6 is 0 Å². The van der Waals surface area contributed by atoms with Crippen LogP contribution in [0, 0.1) is 6.92 Å². The summed E-state index contributed by atoms with van der Waals surface area (Å²) >= 11 is 0. The number of likely N-dealkylation sites (tertiary alicyclic amines) is 2. The molecule has 2 aromatic rings. The van der Waals surface area contributed by atoms with Crippen LogP contribution in [0.1, 0.15) is 41.8 Å². The molecule has 4 rings (SSSR count). The van der Waals surface area contributed by atoms with Gasteiger partial charge in [-0.3, -0.25) is 9.59 Å². The highest BCUT2D eigenvalue weighted by molar-refractivity contribution is 5.96. The van der Waals surface area contributed by atoms with E-state index in [0.717, 1.165) is 38.8 Å². The third-order valence-electron chi connectivity index (χ3n) is 5.84. The van der Waals surface area contributed by atoms with Crippen LogP contribution in [0.4, 0.5) is 5.69 Å². The Morgan fingerprint density at radius 1 is 1.04 bits per heavy atom. The van der Waals surface area contributed by atoms with Crippen molar-refractivity contribution in [2.45, 2.75) is 44.7 Å². The summed E-state index contributed by atoms with van der Waals surface area (Å²) in [6.07, 6.45) is 4.91. The molecule has 0 bridgehead atoms. The number of amides is 2. The number of aryl methyl sites for hydroxylation is 1. The minimum absolute atomic E-state index is 0.0757. The molecule has 2 aliphatic heterocycles. The Morgan fingerprint density at radius 3 is 2.54 bits per heavy atom. The molecule has 2 amide bonds. The van der Waals surface area contributed by atoms with Crippen molar-refractivity contribution in [1.82, 2.24) is 9.80 Å². The topological polar surface area (TPSA) is 65.8 Å². The molecule has 0 aliphatic carbocycles. The number of furan rings is 1. The second-order valence-electron chi connectivity index (χ2n) is 7.69. The minimum Gasteiger partial charge on any atom is -0.459 e. The first-order valence-corrected chi connectivity index (χ1v) is 10.1. The van der Waals surface area contributed by atoms with Gasteiger partial charge in [0.05, 0.1) is 6.26 Å². The summed E-state index contributed by atoms with van der Waals surface area (Å²) in [5.74, 6) is 0.199. The smallest absolute Gasteiger partial charge is 0.290 e. The Balaban J connectivity index is 1.34. The van der Waals surface area contributed by atoms with Gasteiger partial charge in [-0.15, -0.1) is 0 Å². The van der Waals surface area contributed by atoms with E-state index in [0.29, 0.717) is 18.3 Å². The molecule has 6 heteroatoms. The molecule has 1 aromatic carbocycles. The average molecular weight is 381 g/mol. The number of nitrogens with zero attached hydrogens (tertiary/aromatic N) is 2. The van der Waals surface area contributed by atoms with Gasteiger partial charge in [-0.2, -0.15) is 0 Å². The van der Waals surface area contributed by atoms with Crippen molar-refractivity contribution >= 4 is 17.5 Å². The number of carbonyl (C=O) groups excluding carboxylic acids is 2. The minimum atomic E-state index is -0.363. The van der Waals surface area contributed by atoms with Gasteiger partial charge in [0, 0.05) is 31.4 Å². The zero-order valence-corrected chi connectivity index (χ0v) is 16.3. The number of hydrogen-bond donors (Lipinski definition) is 1. The fraction of sp³-hybridized carbons (Fsp3) is 0.455. The number of piperidine rings is 1. The van der Waals surface area contributed by atoms with Crippen LogP contribution in [0.15, 0.2) is 47.1 Å².